The minimum Gasteiger partial charge on any atom is -0.466 e. The normalized spacial score (nSPS) is 11.3. The minimum absolute atomic E-state index is 0.106. The first-order valence-corrected chi connectivity index (χ1v) is 6.98. The molecule has 0 aromatic carbocycles. The summed E-state index contributed by atoms with van der Waals surface area (Å²) in [4.78, 5) is 10.8. The van der Waals surface area contributed by atoms with Gasteiger partial charge in [-0.2, -0.15) is 0 Å². The van der Waals surface area contributed by atoms with Crippen molar-refractivity contribution in [2.45, 2.75) is 13.3 Å². The lowest BCUT2D eigenvalue weighted by molar-refractivity contribution is -0.142. The van der Waals surface area contributed by atoms with Crippen LogP contribution in [-0.2, 0) is 19.6 Å². The molecule has 0 heterocycles. The molecule has 0 saturated carbocycles. The highest BCUT2D eigenvalue weighted by Gasteiger charge is 2.12. The van der Waals surface area contributed by atoms with Gasteiger partial charge in [0.1, 0.15) is 0 Å². The Hall–Kier alpha value is -0.140. The first-order valence-electron chi connectivity index (χ1n) is 4.20. The summed E-state index contributed by atoms with van der Waals surface area (Å²) in [5.41, 5.74) is 0. The lowest BCUT2D eigenvalue weighted by Crippen LogP contribution is -2.29. The van der Waals surface area contributed by atoms with Gasteiger partial charge in [0.15, 0.2) is 0 Å². The highest BCUT2D eigenvalue weighted by atomic mass is 79.9. The highest BCUT2D eigenvalue weighted by Crippen LogP contribution is 1.93. The van der Waals surface area contributed by atoms with Gasteiger partial charge in [-0.3, -0.25) is 4.79 Å². The van der Waals surface area contributed by atoms with Crippen LogP contribution in [0.4, 0.5) is 0 Å². The number of halogens is 1. The lowest BCUT2D eigenvalue weighted by atomic mass is 10.5. The largest absolute Gasteiger partial charge is 0.466 e. The average molecular weight is 288 g/mol. The molecule has 1 N–H and O–H groups in total. The van der Waals surface area contributed by atoms with Crippen LogP contribution in [0.1, 0.15) is 13.3 Å². The molecular weight excluding hydrogens is 274 g/mol. The zero-order chi connectivity index (χ0) is 11.0. The Kier molecular flexibility index (Phi) is 7.12. The summed E-state index contributed by atoms with van der Waals surface area (Å²) >= 11 is 3.09. The molecule has 0 radical (unpaired) electrons. The molecule has 0 aliphatic rings. The number of esters is 1. The van der Waals surface area contributed by atoms with Crippen LogP contribution in [0.5, 0.6) is 0 Å². The molecule has 0 aliphatic heterocycles. The van der Waals surface area contributed by atoms with Crippen LogP contribution in [0.15, 0.2) is 0 Å². The van der Waals surface area contributed by atoms with Crippen LogP contribution in [0, 0.1) is 0 Å². The van der Waals surface area contributed by atoms with E-state index >= 15 is 0 Å². The van der Waals surface area contributed by atoms with Crippen molar-refractivity contribution in [3.63, 3.8) is 0 Å². The maximum absolute atomic E-state index is 11.2. The van der Waals surface area contributed by atoms with Crippen molar-refractivity contribution in [1.82, 2.24) is 4.72 Å². The highest BCUT2D eigenvalue weighted by molar-refractivity contribution is 9.09. The van der Waals surface area contributed by atoms with Gasteiger partial charge in [-0.05, 0) is 6.92 Å². The number of hydrogen-bond acceptors (Lipinski definition) is 4. The molecule has 84 valence electrons. The fraction of sp³-hybridized carbons (Fsp3) is 0.857. The number of nitrogens with one attached hydrogen (secondary N) is 1. The Labute approximate surface area is 92.4 Å². The molecule has 5 nitrogen and oxygen atoms in total. The van der Waals surface area contributed by atoms with Crippen molar-refractivity contribution in [3.8, 4) is 0 Å². The van der Waals surface area contributed by atoms with Gasteiger partial charge in [0.2, 0.25) is 10.0 Å². The van der Waals surface area contributed by atoms with Crippen LogP contribution < -0.4 is 4.72 Å². The lowest BCUT2D eigenvalue weighted by Gasteiger charge is -2.04. The second kappa shape index (κ2) is 7.19. The molecule has 0 saturated heterocycles. The summed E-state index contributed by atoms with van der Waals surface area (Å²) in [6.45, 7) is 2.27. The smallest absolute Gasteiger partial charge is 0.306 e. The van der Waals surface area contributed by atoms with E-state index in [-0.39, 0.29) is 18.8 Å². The van der Waals surface area contributed by atoms with Gasteiger partial charge in [0.05, 0.1) is 18.8 Å². The van der Waals surface area contributed by atoms with E-state index in [1.807, 2.05) is 0 Å². The molecule has 0 amide bonds. The van der Waals surface area contributed by atoms with Gasteiger partial charge in [-0.1, -0.05) is 15.9 Å². The zero-order valence-electron chi connectivity index (χ0n) is 7.95. The minimum atomic E-state index is -3.34. The summed E-state index contributed by atoms with van der Waals surface area (Å²) in [7, 11) is -3.34. The zero-order valence-corrected chi connectivity index (χ0v) is 10.4. The van der Waals surface area contributed by atoms with Gasteiger partial charge in [0, 0.05) is 11.9 Å². The van der Waals surface area contributed by atoms with Crippen molar-refractivity contribution in [2.24, 2.45) is 0 Å². The fourth-order valence-corrected chi connectivity index (χ4v) is 2.17. The van der Waals surface area contributed by atoms with Crippen molar-refractivity contribution in [2.75, 3.05) is 24.2 Å². The summed E-state index contributed by atoms with van der Waals surface area (Å²) in [5.74, 6) is -0.713. The number of rotatable bonds is 7. The predicted molar refractivity (Wildman–Crippen MR) is 56.8 cm³/mol. The Morgan fingerprint density at radius 1 is 1.50 bits per heavy atom. The van der Waals surface area contributed by atoms with Crippen LogP contribution in [0.2, 0.25) is 0 Å². The third kappa shape index (κ3) is 7.28. The molecule has 0 rings (SSSR count). The van der Waals surface area contributed by atoms with Gasteiger partial charge >= 0.3 is 5.97 Å². The number of hydrogen-bond donors (Lipinski definition) is 1. The van der Waals surface area contributed by atoms with E-state index in [9.17, 15) is 13.2 Å². The maximum atomic E-state index is 11.2. The summed E-state index contributed by atoms with van der Waals surface area (Å²) < 4.78 is 29.2. The monoisotopic (exact) mass is 287 g/mol. The van der Waals surface area contributed by atoms with Gasteiger partial charge in [-0.15, -0.1) is 0 Å². The van der Waals surface area contributed by atoms with Crippen LogP contribution in [0.25, 0.3) is 0 Å². The molecular formula is C7H14BrNO4S. The fourth-order valence-electron chi connectivity index (χ4n) is 0.717. The summed E-state index contributed by atoms with van der Waals surface area (Å²) in [6.07, 6.45) is -0.106. The predicted octanol–water partition coefficient (Wildman–Crippen LogP) is 0.254. The first kappa shape index (κ1) is 13.9. The summed E-state index contributed by atoms with van der Waals surface area (Å²) in [6, 6.07) is 0. The topological polar surface area (TPSA) is 72.5 Å². The molecule has 0 aromatic heterocycles. The molecule has 0 atom stereocenters. The quantitative estimate of drug-likeness (QED) is 0.538. The third-order valence-corrected chi connectivity index (χ3v) is 3.08. The van der Waals surface area contributed by atoms with E-state index < -0.39 is 16.0 Å². The van der Waals surface area contributed by atoms with E-state index in [0.29, 0.717) is 11.9 Å². The maximum Gasteiger partial charge on any atom is 0.306 e. The second-order valence-electron chi connectivity index (χ2n) is 2.46. The van der Waals surface area contributed by atoms with E-state index in [1.165, 1.54) is 0 Å². The van der Waals surface area contributed by atoms with Crippen molar-refractivity contribution < 1.29 is 17.9 Å². The standard InChI is InChI=1S/C7H14BrNO4S/c1-2-13-7(10)3-6-14(11,12)9-5-4-8/h9H,2-6H2,1H3. The average Bonchev–Trinajstić information content (AvgIpc) is 2.13. The second-order valence-corrected chi connectivity index (χ2v) is 5.18. The molecule has 7 heteroatoms. The molecule has 0 fully saturated rings. The first-order chi connectivity index (χ1) is 6.52. The van der Waals surface area contributed by atoms with Gasteiger partial charge < -0.3 is 4.74 Å². The van der Waals surface area contributed by atoms with Crippen LogP contribution in [0.3, 0.4) is 0 Å². The van der Waals surface area contributed by atoms with Crippen LogP contribution >= 0.6 is 15.9 Å². The Balaban J connectivity index is 3.81. The van der Waals surface area contributed by atoms with E-state index in [1.54, 1.807) is 6.92 Å². The third-order valence-electron chi connectivity index (χ3n) is 1.30. The number of alkyl halides is 1. The molecule has 14 heavy (non-hydrogen) atoms. The number of sulfonamides is 1. The molecule has 0 unspecified atom stereocenters. The molecule has 0 aromatic rings. The Morgan fingerprint density at radius 2 is 2.14 bits per heavy atom. The molecule has 0 spiro atoms. The Morgan fingerprint density at radius 3 is 2.64 bits per heavy atom. The number of carbonyl (C=O) groups is 1. The van der Waals surface area contributed by atoms with Crippen molar-refractivity contribution in [1.29, 1.82) is 0 Å². The van der Waals surface area contributed by atoms with Gasteiger partial charge in [0.25, 0.3) is 0 Å². The van der Waals surface area contributed by atoms with E-state index in [2.05, 4.69) is 25.4 Å². The van der Waals surface area contributed by atoms with Crippen LogP contribution in [-0.4, -0.2) is 38.6 Å². The van der Waals surface area contributed by atoms with E-state index in [4.69, 9.17) is 0 Å². The van der Waals surface area contributed by atoms with Crippen molar-refractivity contribution >= 4 is 31.9 Å². The van der Waals surface area contributed by atoms with Crippen molar-refractivity contribution in [3.05, 3.63) is 0 Å². The molecule has 0 bridgehead atoms. The summed E-state index contributed by atoms with van der Waals surface area (Å²) in [5, 5.41) is 0.547. The van der Waals surface area contributed by atoms with E-state index in [0.717, 1.165) is 0 Å². The SMILES string of the molecule is CCOC(=O)CCS(=O)(=O)NCCBr. The number of carbonyl (C=O) groups excluding carboxylic acids is 1. The molecule has 0 aliphatic carbocycles. The Bertz CT molecular complexity index is 265. The van der Waals surface area contributed by atoms with Gasteiger partial charge in [-0.25, -0.2) is 13.1 Å². The number of ether oxygens (including phenoxy) is 1.